The Bertz CT molecular complexity index is 319. The molecule has 1 amide bonds. The van der Waals surface area contributed by atoms with E-state index >= 15 is 0 Å². The van der Waals surface area contributed by atoms with Crippen LogP contribution in [0.1, 0.15) is 19.8 Å². The fourth-order valence-electron chi connectivity index (χ4n) is 2.60. The van der Waals surface area contributed by atoms with Crippen molar-refractivity contribution in [2.24, 2.45) is 5.92 Å². The van der Waals surface area contributed by atoms with Crippen LogP contribution in [0.4, 0.5) is 13.2 Å². The molecule has 7 heteroatoms. The Balaban J connectivity index is 1.82. The third-order valence-electron chi connectivity index (χ3n) is 3.91. The van der Waals surface area contributed by atoms with E-state index in [0.717, 1.165) is 0 Å². The van der Waals surface area contributed by atoms with Crippen LogP contribution in [0.3, 0.4) is 0 Å². The molecule has 0 radical (unpaired) electrons. The minimum atomic E-state index is -4.13. The quantitative estimate of drug-likeness (QED) is 0.744. The molecule has 19 heavy (non-hydrogen) atoms. The molecule has 0 aromatic rings. The normalized spacial score (nSPS) is 30.4. The molecule has 0 aromatic carbocycles. The number of likely N-dealkylation sites (tertiary alicyclic amines) is 1. The Morgan fingerprint density at radius 3 is 2.26 bits per heavy atom. The SMILES string of the molecule is CC1CNC(C(=O)N2CCC(C(F)(F)F)CC2)CN1. The largest absolute Gasteiger partial charge is 0.391 e. The van der Waals surface area contributed by atoms with Crippen LogP contribution in [-0.2, 0) is 4.79 Å². The molecule has 2 unspecified atom stereocenters. The Kier molecular flexibility index (Phi) is 4.35. The number of nitrogens with one attached hydrogen (secondary N) is 2. The summed E-state index contributed by atoms with van der Waals surface area (Å²) in [5.74, 6) is -1.34. The number of carbonyl (C=O) groups is 1. The molecule has 0 saturated carbocycles. The van der Waals surface area contributed by atoms with Gasteiger partial charge in [0.05, 0.1) is 12.0 Å². The zero-order valence-electron chi connectivity index (χ0n) is 11.0. The van der Waals surface area contributed by atoms with E-state index in [1.54, 1.807) is 4.90 Å². The number of alkyl halides is 3. The van der Waals surface area contributed by atoms with Gasteiger partial charge in [-0.15, -0.1) is 0 Å². The van der Waals surface area contributed by atoms with Crippen LogP contribution in [0.15, 0.2) is 0 Å². The highest BCUT2D eigenvalue weighted by Gasteiger charge is 2.42. The highest BCUT2D eigenvalue weighted by Crippen LogP contribution is 2.34. The first kappa shape index (κ1) is 14.6. The summed E-state index contributed by atoms with van der Waals surface area (Å²) < 4.78 is 37.6. The van der Waals surface area contributed by atoms with Crippen LogP contribution in [0.5, 0.6) is 0 Å². The van der Waals surface area contributed by atoms with Crippen LogP contribution in [0, 0.1) is 5.92 Å². The van der Waals surface area contributed by atoms with Crippen molar-refractivity contribution in [1.29, 1.82) is 0 Å². The lowest BCUT2D eigenvalue weighted by Crippen LogP contribution is -2.60. The zero-order chi connectivity index (χ0) is 14.0. The molecule has 0 aliphatic carbocycles. The summed E-state index contributed by atoms with van der Waals surface area (Å²) in [4.78, 5) is 13.7. The smallest absolute Gasteiger partial charge is 0.341 e. The monoisotopic (exact) mass is 279 g/mol. The second kappa shape index (κ2) is 5.66. The Labute approximate surface area is 110 Å². The first-order valence-electron chi connectivity index (χ1n) is 6.70. The van der Waals surface area contributed by atoms with E-state index in [9.17, 15) is 18.0 Å². The van der Waals surface area contributed by atoms with Crippen LogP contribution in [0.2, 0.25) is 0 Å². The lowest BCUT2D eigenvalue weighted by atomic mass is 9.95. The lowest BCUT2D eigenvalue weighted by Gasteiger charge is -2.37. The molecule has 2 heterocycles. The number of amides is 1. The van der Waals surface area contributed by atoms with Gasteiger partial charge in [0, 0.05) is 32.2 Å². The van der Waals surface area contributed by atoms with Gasteiger partial charge in [0.15, 0.2) is 0 Å². The van der Waals surface area contributed by atoms with E-state index in [1.165, 1.54) is 0 Å². The second-order valence-electron chi connectivity index (χ2n) is 5.41. The minimum absolute atomic E-state index is 0.0196. The molecule has 4 nitrogen and oxygen atoms in total. The van der Waals surface area contributed by atoms with Crippen LogP contribution < -0.4 is 10.6 Å². The van der Waals surface area contributed by atoms with Crippen LogP contribution in [0.25, 0.3) is 0 Å². The van der Waals surface area contributed by atoms with E-state index in [0.29, 0.717) is 19.1 Å². The van der Waals surface area contributed by atoms with Crippen molar-refractivity contribution in [3.63, 3.8) is 0 Å². The molecule has 0 spiro atoms. The molecule has 2 aliphatic rings. The molecule has 2 aliphatic heterocycles. The molecular formula is C12H20F3N3O. The molecule has 2 atom stereocenters. The van der Waals surface area contributed by atoms with Crippen molar-refractivity contribution in [2.45, 2.75) is 38.0 Å². The highest BCUT2D eigenvalue weighted by molar-refractivity contribution is 5.82. The summed E-state index contributed by atoms with van der Waals surface area (Å²) >= 11 is 0. The summed E-state index contributed by atoms with van der Waals surface area (Å²) in [7, 11) is 0. The van der Waals surface area contributed by atoms with Crippen molar-refractivity contribution >= 4 is 5.91 Å². The minimum Gasteiger partial charge on any atom is -0.341 e. The van der Waals surface area contributed by atoms with Gasteiger partial charge >= 0.3 is 6.18 Å². The van der Waals surface area contributed by atoms with Crippen LogP contribution >= 0.6 is 0 Å². The number of hydrogen-bond donors (Lipinski definition) is 2. The first-order chi connectivity index (χ1) is 8.88. The summed E-state index contributed by atoms with van der Waals surface area (Å²) in [5.41, 5.74) is 0. The van der Waals surface area contributed by atoms with Gasteiger partial charge in [-0.1, -0.05) is 0 Å². The summed E-state index contributed by atoms with van der Waals surface area (Å²) in [6.07, 6.45) is -4.09. The number of nitrogens with zero attached hydrogens (tertiary/aromatic N) is 1. The van der Waals surface area contributed by atoms with E-state index < -0.39 is 12.1 Å². The second-order valence-corrected chi connectivity index (χ2v) is 5.41. The molecule has 2 saturated heterocycles. The number of rotatable bonds is 1. The summed E-state index contributed by atoms with van der Waals surface area (Å²) in [5, 5.41) is 6.33. The number of halogens is 3. The third kappa shape index (κ3) is 3.60. The highest BCUT2D eigenvalue weighted by atomic mass is 19.4. The maximum Gasteiger partial charge on any atom is 0.391 e. The predicted molar refractivity (Wildman–Crippen MR) is 64.6 cm³/mol. The van der Waals surface area contributed by atoms with Gasteiger partial charge in [0.2, 0.25) is 5.91 Å². The molecule has 2 rings (SSSR count). The van der Waals surface area contributed by atoms with Gasteiger partial charge in [-0.25, -0.2) is 0 Å². The molecule has 110 valence electrons. The maximum absolute atomic E-state index is 12.5. The fourth-order valence-corrected chi connectivity index (χ4v) is 2.60. The van der Waals surface area contributed by atoms with Crippen molar-refractivity contribution in [1.82, 2.24) is 15.5 Å². The van der Waals surface area contributed by atoms with Gasteiger partial charge in [0.1, 0.15) is 0 Å². The fraction of sp³-hybridized carbons (Fsp3) is 0.917. The summed E-state index contributed by atoms with van der Waals surface area (Å²) in [6.45, 7) is 3.67. The Morgan fingerprint density at radius 1 is 1.16 bits per heavy atom. The molecule has 0 bridgehead atoms. The lowest BCUT2D eigenvalue weighted by molar-refractivity contribution is -0.186. The van der Waals surface area contributed by atoms with Crippen molar-refractivity contribution in [3.8, 4) is 0 Å². The van der Waals surface area contributed by atoms with E-state index in [4.69, 9.17) is 0 Å². The Morgan fingerprint density at radius 2 is 1.79 bits per heavy atom. The number of piperidine rings is 1. The van der Waals surface area contributed by atoms with E-state index in [2.05, 4.69) is 10.6 Å². The molecule has 2 fully saturated rings. The standard InChI is InChI=1S/C12H20F3N3O/c1-8-6-17-10(7-16-8)11(19)18-4-2-9(3-5-18)12(13,14)15/h8-10,16-17H,2-7H2,1H3. The number of hydrogen-bond acceptors (Lipinski definition) is 3. The average molecular weight is 279 g/mol. The Hall–Kier alpha value is -0.820. The topological polar surface area (TPSA) is 44.4 Å². The van der Waals surface area contributed by atoms with Gasteiger partial charge in [-0.3, -0.25) is 4.79 Å². The van der Waals surface area contributed by atoms with E-state index in [-0.39, 0.29) is 37.9 Å². The predicted octanol–water partition coefficient (Wildman–Crippen LogP) is 0.737. The molecular weight excluding hydrogens is 259 g/mol. The summed E-state index contributed by atoms with van der Waals surface area (Å²) in [6, 6.07) is 0.0126. The van der Waals surface area contributed by atoms with Crippen molar-refractivity contribution in [3.05, 3.63) is 0 Å². The molecule has 0 aromatic heterocycles. The first-order valence-corrected chi connectivity index (χ1v) is 6.70. The van der Waals surface area contributed by atoms with Gasteiger partial charge in [0.25, 0.3) is 0 Å². The third-order valence-corrected chi connectivity index (χ3v) is 3.91. The zero-order valence-corrected chi connectivity index (χ0v) is 11.0. The van der Waals surface area contributed by atoms with Gasteiger partial charge in [-0.2, -0.15) is 13.2 Å². The molecule has 2 N–H and O–H groups in total. The average Bonchev–Trinajstić information content (AvgIpc) is 2.38. The maximum atomic E-state index is 12.5. The van der Waals surface area contributed by atoms with E-state index in [1.807, 2.05) is 6.92 Å². The van der Waals surface area contributed by atoms with Crippen LogP contribution in [-0.4, -0.2) is 55.2 Å². The number of piperazine rings is 1. The van der Waals surface area contributed by atoms with Gasteiger partial charge < -0.3 is 15.5 Å². The number of carbonyl (C=O) groups excluding carboxylic acids is 1. The van der Waals surface area contributed by atoms with Crippen molar-refractivity contribution in [2.75, 3.05) is 26.2 Å². The van der Waals surface area contributed by atoms with Crippen molar-refractivity contribution < 1.29 is 18.0 Å². The van der Waals surface area contributed by atoms with Gasteiger partial charge in [-0.05, 0) is 19.8 Å².